The third kappa shape index (κ3) is 1.70. The molecule has 1 unspecified atom stereocenters. The van der Waals surface area contributed by atoms with Crippen molar-refractivity contribution in [2.45, 2.75) is 64.0 Å². The van der Waals surface area contributed by atoms with Crippen LogP contribution in [0.3, 0.4) is 0 Å². The van der Waals surface area contributed by atoms with Gasteiger partial charge in [0.1, 0.15) is 0 Å². The Morgan fingerprint density at radius 2 is 1.88 bits per heavy atom. The van der Waals surface area contributed by atoms with Gasteiger partial charge in [0.25, 0.3) is 0 Å². The van der Waals surface area contributed by atoms with Crippen molar-refractivity contribution in [2.75, 3.05) is 13.1 Å². The van der Waals surface area contributed by atoms with Gasteiger partial charge in [0.15, 0.2) is 0 Å². The van der Waals surface area contributed by atoms with Crippen LogP contribution in [0.5, 0.6) is 0 Å². The second kappa shape index (κ2) is 3.46. The van der Waals surface area contributed by atoms with E-state index in [9.17, 15) is 0 Å². The van der Waals surface area contributed by atoms with E-state index in [0.29, 0.717) is 5.41 Å². The quantitative estimate of drug-likeness (QED) is 0.747. The first-order valence-electron chi connectivity index (χ1n) is 7.06. The SMILES string of the molecule is CC1(C(C)(CN)N(CC2CC2)C2CC2)CC1. The molecular weight excluding hydrogens is 196 g/mol. The van der Waals surface area contributed by atoms with Crippen LogP contribution in [-0.2, 0) is 0 Å². The Labute approximate surface area is 99.6 Å². The van der Waals surface area contributed by atoms with Crippen LogP contribution in [0.15, 0.2) is 0 Å². The highest BCUT2D eigenvalue weighted by Crippen LogP contribution is 2.57. The molecule has 0 aromatic carbocycles. The first kappa shape index (κ1) is 11.0. The summed E-state index contributed by atoms with van der Waals surface area (Å²) in [5.74, 6) is 0.994. The molecule has 0 heterocycles. The molecule has 0 saturated heterocycles. The van der Waals surface area contributed by atoms with E-state index in [4.69, 9.17) is 5.73 Å². The molecule has 3 aliphatic rings. The van der Waals surface area contributed by atoms with Crippen LogP contribution in [0.4, 0.5) is 0 Å². The average molecular weight is 222 g/mol. The number of rotatable bonds is 6. The van der Waals surface area contributed by atoms with Crippen molar-refractivity contribution in [3.05, 3.63) is 0 Å². The minimum atomic E-state index is 0.275. The number of hydrogen-bond donors (Lipinski definition) is 1. The summed E-state index contributed by atoms with van der Waals surface area (Å²) in [7, 11) is 0. The van der Waals surface area contributed by atoms with Crippen molar-refractivity contribution in [1.82, 2.24) is 4.90 Å². The minimum absolute atomic E-state index is 0.275. The van der Waals surface area contributed by atoms with E-state index in [1.54, 1.807) is 0 Å². The van der Waals surface area contributed by atoms with Crippen LogP contribution in [0.2, 0.25) is 0 Å². The molecule has 1 atom stereocenters. The first-order chi connectivity index (χ1) is 7.59. The van der Waals surface area contributed by atoms with Crippen LogP contribution < -0.4 is 5.73 Å². The van der Waals surface area contributed by atoms with Gasteiger partial charge in [-0.1, -0.05) is 6.92 Å². The van der Waals surface area contributed by atoms with Gasteiger partial charge in [-0.3, -0.25) is 4.90 Å². The maximum atomic E-state index is 6.15. The highest BCUT2D eigenvalue weighted by Gasteiger charge is 2.57. The molecule has 0 aromatic rings. The maximum Gasteiger partial charge on any atom is 0.0360 e. The Kier molecular flexibility index (Phi) is 2.38. The molecule has 92 valence electrons. The Morgan fingerprint density at radius 3 is 2.25 bits per heavy atom. The second-order valence-corrected chi connectivity index (χ2v) is 6.87. The monoisotopic (exact) mass is 222 g/mol. The topological polar surface area (TPSA) is 29.3 Å². The van der Waals surface area contributed by atoms with Crippen molar-refractivity contribution < 1.29 is 0 Å². The lowest BCUT2D eigenvalue weighted by Crippen LogP contribution is -2.58. The summed E-state index contributed by atoms with van der Waals surface area (Å²) in [5.41, 5.74) is 6.94. The van der Waals surface area contributed by atoms with E-state index in [2.05, 4.69) is 18.7 Å². The molecule has 3 aliphatic carbocycles. The van der Waals surface area contributed by atoms with Crippen molar-refractivity contribution in [1.29, 1.82) is 0 Å². The second-order valence-electron chi connectivity index (χ2n) is 6.87. The fraction of sp³-hybridized carbons (Fsp3) is 1.00. The zero-order valence-corrected chi connectivity index (χ0v) is 10.8. The van der Waals surface area contributed by atoms with Gasteiger partial charge >= 0.3 is 0 Å². The molecule has 3 saturated carbocycles. The average Bonchev–Trinajstić information content (AvgIpc) is 3.11. The maximum absolute atomic E-state index is 6.15. The summed E-state index contributed by atoms with van der Waals surface area (Å²) >= 11 is 0. The summed E-state index contributed by atoms with van der Waals surface area (Å²) < 4.78 is 0. The van der Waals surface area contributed by atoms with Gasteiger partial charge in [0.05, 0.1) is 0 Å². The molecule has 2 heteroatoms. The molecule has 2 nitrogen and oxygen atoms in total. The zero-order valence-electron chi connectivity index (χ0n) is 10.8. The third-order valence-electron chi connectivity index (χ3n) is 5.47. The van der Waals surface area contributed by atoms with Gasteiger partial charge < -0.3 is 5.73 Å². The van der Waals surface area contributed by atoms with Crippen LogP contribution in [0, 0.1) is 11.3 Å². The van der Waals surface area contributed by atoms with E-state index >= 15 is 0 Å². The highest BCUT2D eigenvalue weighted by atomic mass is 15.3. The third-order valence-corrected chi connectivity index (χ3v) is 5.47. The van der Waals surface area contributed by atoms with Gasteiger partial charge in [-0.05, 0) is 56.8 Å². The molecule has 0 spiro atoms. The van der Waals surface area contributed by atoms with Crippen LogP contribution in [0.25, 0.3) is 0 Å². The van der Waals surface area contributed by atoms with Crippen LogP contribution >= 0.6 is 0 Å². The molecule has 0 bridgehead atoms. The first-order valence-corrected chi connectivity index (χ1v) is 7.06. The number of nitrogens with zero attached hydrogens (tertiary/aromatic N) is 1. The van der Waals surface area contributed by atoms with E-state index in [-0.39, 0.29) is 5.54 Å². The molecule has 16 heavy (non-hydrogen) atoms. The molecule has 3 fully saturated rings. The molecule has 0 aromatic heterocycles. The van der Waals surface area contributed by atoms with Crippen molar-refractivity contribution in [3.63, 3.8) is 0 Å². The number of hydrogen-bond acceptors (Lipinski definition) is 2. The largest absolute Gasteiger partial charge is 0.329 e. The Morgan fingerprint density at radius 1 is 1.25 bits per heavy atom. The molecule has 0 radical (unpaired) electrons. The zero-order chi connectivity index (χ0) is 11.4. The van der Waals surface area contributed by atoms with Crippen molar-refractivity contribution in [3.8, 4) is 0 Å². The molecule has 0 amide bonds. The highest BCUT2D eigenvalue weighted by molar-refractivity contribution is 5.12. The van der Waals surface area contributed by atoms with Gasteiger partial charge in [-0.15, -0.1) is 0 Å². The summed E-state index contributed by atoms with van der Waals surface area (Å²) in [6.45, 7) is 7.05. The van der Waals surface area contributed by atoms with E-state index in [0.717, 1.165) is 18.5 Å². The summed E-state index contributed by atoms with van der Waals surface area (Å²) in [6, 6.07) is 0.867. The fourth-order valence-corrected chi connectivity index (χ4v) is 3.15. The summed E-state index contributed by atoms with van der Waals surface area (Å²) in [5, 5.41) is 0. The molecular formula is C14H26N2. The van der Waals surface area contributed by atoms with Crippen LogP contribution in [0.1, 0.15) is 52.4 Å². The van der Waals surface area contributed by atoms with Gasteiger partial charge in [-0.25, -0.2) is 0 Å². The van der Waals surface area contributed by atoms with Gasteiger partial charge in [-0.2, -0.15) is 0 Å². The summed E-state index contributed by atoms with van der Waals surface area (Å²) in [6.07, 6.45) is 8.52. The van der Waals surface area contributed by atoms with E-state index in [1.165, 1.54) is 45.1 Å². The van der Waals surface area contributed by atoms with Gasteiger partial charge in [0.2, 0.25) is 0 Å². The van der Waals surface area contributed by atoms with Crippen molar-refractivity contribution in [2.24, 2.45) is 17.1 Å². The predicted molar refractivity (Wildman–Crippen MR) is 67.3 cm³/mol. The molecule has 2 N–H and O–H groups in total. The smallest absolute Gasteiger partial charge is 0.0360 e. The van der Waals surface area contributed by atoms with E-state index < -0.39 is 0 Å². The lowest BCUT2D eigenvalue weighted by atomic mass is 9.81. The fourth-order valence-electron chi connectivity index (χ4n) is 3.15. The lowest BCUT2D eigenvalue weighted by molar-refractivity contribution is 0.0354. The standard InChI is InChI=1S/C14H26N2/c1-13(7-8-13)14(2,10-15)16(12-5-6-12)9-11-3-4-11/h11-12H,3-10,15H2,1-2H3. The Hall–Kier alpha value is -0.0800. The Bertz CT molecular complexity index is 276. The molecule has 3 rings (SSSR count). The Balaban J connectivity index is 1.78. The number of nitrogens with two attached hydrogens (primary N) is 1. The van der Waals surface area contributed by atoms with Crippen LogP contribution in [-0.4, -0.2) is 29.6 Å². The van der Waals surface area contributed by atoms with Crippen molar-refractivity contribution >= 4 is 0 Å². The molecule has 0 aliphatic heterocycles. The predicted octanol–water partition coefficient (Wildman–Crippen LogP) is 2.38. The minimum Gasteiger partial charge on any atom is -0.329 e. The van der Waals surface area contributed by atoms with Gasteiger partial charge in [0, 0.05) is 24.7 Å². The summed E-state index contributed by atoms with van der Waals surface area (Å²) in [4.78, 5) is 2.80. The van der Waals surface area contributed by atoms with E-state index in [1.807, 2.05) is 0 Å². The lowest BCUT2D eigenvalue weighted by Gasteiger charge is -2.46. The normalized spacial score (nSPS) is 31.5.